The molecule has 0 spiro atoms. The highest BCUT2D eigenvalue weighted by atomic mass is 16.6. The highest BCUT2D eigenvalue weighted by molar-refractivity contribution is 5.95. The fourth-order valence-electron chi connectivity index (χ4n) is 2.16. The predicted octanol–water partition coefficient (Wildman–Crippen LogP) is 0.755. The number of aliphatic hydroxyl groups excluding tert-OH is 1. The van der Waals surface area contributed by atoms with Gasteiger partial charge in [0, 0.05) is 37.2 Å². The van der Waals surface area contributed by atoms with Crippen LogP contribution < -0.4 is 0 Å². The van der Waals surface area contributed by atoms with Crippen LogP contribution in [0.5, 0.6) is 5.75 Å². The van der Waals surface area contributed by atoms with Crippen LogP contribution in [-0.4, -0.2) is 45.6 Å². The van der Waals surface area contributed by atoms with E-state index in [1.165, 1.54) is 6.07 Å². The summed E-state index contributed by atoms with van der Waals surface area (Å²) in [4.78, 5) is 23.5. The van der Waals surface area contributed by atoms with E-state index in [2.05, 4.69) is 0 Å². The Balaban J connectivity index is 2.16. The number of nitrogens with zero attached hydrogens (tertiary/aromatic N) is 2. The minimum atomic E-state index is -0.707. The maximum Gasteiger partial charge on any atom is 0.310 e. The first-order chi connectivity index (χ1) is 9.02. The average molecular weight is 266 g/mol. The van der Waals surface area contributed by atoms with Crippen LogP contribution in [0.4, 0.5) is 5.69 Å². The van der Waals surface area contributed by atoms with Gasteiger partial charge in [-0.3, -0.25) is 14.9 Å². The summed E-state index contributed by atoms with van der Waals surface area (Å²) in [5.41, 5.74) is -0.215. The zero-order chi connectivity index (χ0) is 14.0. The third kappa shape index (κ3) is 2.65. The number of carbonyl (C=O) groups is 1. The molecule has 1 saturated heterocycles. The molecule has 1 aliphatic rings. The first-order valence-corrected chi connectivity index (χ1v) is 5.90. The Kier molecular flexibility index (Phi) is 3.66. The predicted molar refractivity (Wildman–Crippen MR) is 65.9 cm³/mol. The van der Waals surface area contributed by atoms with Crippen molar-refractivity contribution in [3.63, 3.8) is 0 Å². The SMILES string of the molecule is O=C(c1ccc([N+](=O)[O-])c(O)c1)N1CCC(CO)C1. The lowest BCUT2D eigenvalue weighted by molar-refractivity contribution is -0.385. The molecule has 1 aromatic carbocycles. The van der Waals surface area contributed by atoms with Crippen LogP contribution in [0, 0.1) is 16.0 Å². The van der Waals surface area contributed by atoms with Crippen molar-refractivity contribution in [1.29, 1.82) is 0 Å². The van der Waals surface area contributed by atoms with Crippen molar-refractivity contribution in [2.45, 2.75) is 6.42 Å². The number of benzene rings is 1. The molecule has 7 nitrogen and oxygen atoms in total. The summed E-state index contributed by atoms with van der Waals surface area (Å²) in [7, 11) is 0. The largest absolute Gasteiger partial charge is 0.502 e. The number of amides is 1. The molecule has 1 amide bonds. The van der Waals surface area contributed by atoms with Crippen molar-refractivity contribution in [3.8, 4) is 5.75 Å². The monoisotopic (exact) mass is 266 g/mol. The van der Waals surface area contributed by atoms with Crippen LogP contribution >= 0.6 is 0 Å². The summed E-state index contributed by atoms with van der Waals surface area (Å²) in [6, 6.07) is 3.54. The minimum absolute atomic E-state index is 0.0370. The quantitative estimate of drug-likeness (QED) is 0.620. The number of nitro benzene ring substituents is 1. The molecule has 1 fully saturated rings. The molecule has 1 aliphatic heterocycles. The van der Waals surface area contributed by atoms with Gasteiger partial charge in [-0.05, 0) is 18.6 Å². The van der Waals surface area contributed by atoms with E-state index in [1.54, 1.807) is 4.90 Å². The summed E-state index contributed by atoms with van der Waals surface area (Å²) in [5, 5.41) is 29.1. The average Bonchev–Trinajstić information content (AvgIpc) is 2.86. The van der Waals surface area contributed by atoms with Gasteiger partial charge in [0.25, 0.3) is 5.91 Å². The molecule has 2 N–H and O–H groups in total. The van der Waals surface area contributed by atoms with Crippen LogP contribution in [0.25, 0.3) is 0 Å². The zero-order valence-corrected chi connectivity index (χ0v) is 10.2. The van der Waals surface area contributed by atoms with E-state index >= 15 is 0 Å². The van der Waals surface area contributed by atoms with Crippen molar-refractivity contribution in [2.24, 2.45) is 5.92 Å². The molecule has 102 valence electrons. The lowest BCUT2D eigenvalue weighted by Gasteiger charge is -2.16. The molecule has 0 aromatic heterocycles. The van der Waals surface area contributed by atoms with Gasteiger partial charge in [0.05, 0.1) is 4.92 Å². The standard InChI is InChI=1S/C12H14N2O5/c15-7-8-3-4-13(6-8)12(17)9-1-2-10(14(18)19)11(16)5-9/h1-2,5,8,15-16H,3-4,6-7H2. The van der Waals surface area contributed by atoms with E-state index in [9.17, 15) is 20.0 Å². The van der Waals surface area contributed by atoms with Crippen LogP contribution in [0.1, 0.15) is 16.8 Å². The van der Waals surface area contributed by atoms with Crippen molar-refractivity contribution >= 4 is 11.6 Å². The fourth-order valence-corrected chi connectivity index (χ4v) is 2.16. The number of phenolic OH excluding ortho intramolecular Hbond substituents is 1. The molecule has 0 aliphatic carbocycles. The molecular formula is C12H14N2O5. The lowest BCUT2D eigenvalue weighted by atomic mass is 10.1. The first-order valence-electron chi connectivity index (χ1n) is 5.90. The first kappa shape index (κ1) is 13.3. The Morgan fingerprint density at radius 2 is 2.26 bits per heavy atom. The molecular weight excluding hydrogens is 252 g/mol. The number of hydrogen-bond donors (Lipinski definition) is 2. The number of nitro groups is 1. The number of likely N-dealkylation sites (tertiary alicyclic amines) is 1. The van der Waals surface area contributed by atoms with E-state index < -0.39 is 16.4 Å². The van der Waals surface area contributed by atoms with Gasteiger partial charge < -0.3 is 15.1 Å². The molecule has 0 radical (unpaired) electrons. The van der Waals surface area contributed by atoms with Gasteiger partial charge in [0.15, 0.2) is 5.75 Å². The lowest BCUT2D eigenvalue weighted by Crippen LogP contribution is -2.29. The van der Waals surface area contributed by atoms with Crippen LogP contribution in [-0.2, 0) is 0 Å². The van der Waals surface area contributed by atoms with Crippen molar-refractivity contribution in [1.82, 2.24) is 4.90 Å². The number of phenols is 1. The normalized spacial score (nSPS) is 18.6. The molecule has 1 aromatic rings. The maximum atomic E-state index is 12.1. The van der Waals surface area contributed by atoms with Gasteiger partial charge >= 0.3 is 5.69 Å². The second kappa shape index (κ2) is 5.23. The molecule has 1 atom stereocenters. The van der Waals surface area contributed by atoms with E-state index in [-0.39, 0.29) is 24.0 Å². The van der Waals surface area contributed by atoms with Crippen LogP contribution in [0.3, 0.4) is 0 Å². The summed E-state index contributed by atoms with van der Waals surface area (Å²) >= 11 is 0. The zero-order valence-electron chi connectivity index (χ0n) is 10.2. The highest BCUT2D eigenvalue weighted by Crippen LogP contribution is 2.27. The van der Waals surface area contributed by atoms with Crippen molar-refractivity contribution in [2.75, 3.05) is 19.7 Å². The molecule has 19 heavy (non-hydrogen) atoms. The van der Waals surface area contributed by atoms with Gasteiger partial charge in [-0.25, -0.2) is 0 Å². The number of carbonyl (C=O) groups excluding carboxylic acids is 1. The number of aliphatic hydroxyl groups is 1. The van der Waals surface area contributed by atoms with E-state index in [0.29, 0.717) is 13.1 Å². The molecule has 0 bridgehead atoms. The number of hydrogen-bond acceptors (Lipinski definition) is 5. The summed E-state index contributed by atoms with van der Waals surface area (Å²) < 4.78 is 0. The smallest absolute Gasteiger partial charge is 0.310 e. The highest BCUT2D eigenvalue weighted by Gasteiger charge is 2.27. The van der Waals surface area contributed by atoms with Gasteiger partial charge in [-0.2, -0.15) is 0 Å². The molecule has 0 saturated carbocycles. The topological polar surface area (TPSA) is 104 Å². The molecule has 7 heteroatoms. The van der Waals surface area contributed by atoms with Crippen LogP contribution in [0.15, 0.2) is 18.2 Å². The third-order valence-corrected chi connectivity index (χ3v) is 3.25. The third-order valence-electron chi connectivity index (χ3n) is 3.25. The van der Waals surface area contributed by atoms with Gasteiger partial charge in [0.1, 0.15) is 0 Å². The summed E-state index contributed by atoms with van der Waals surface area (Å²) in [6.45, 7) is 1.05. The Labute approximate surface area is 109 Å². The maximum absolute atomic E-state index is 12.1. The second-order valence-corrected chi connectivity index (χ2v) is 4.55. The van der Waals surface area contributed by atoms with E-state index in [1.807, 2.05) is 0 Å². The summed E-state index contributed by atoms with van der Waals surface area (Å²) in [5.74, 6) is -0.731. The molecule has 1 unspecified atom stereocenters. The van der Waals surface area contributed by atoms with Gasteiger partial charge in [0.2, 0.25) is 0 Å². The Bertz CT molecular complexity index is 517. The van der Waals surface area contributed by atoms with Gasteiger partial charge in [-0.1, -0.05) is 0 Å². The van der Waals surface area contributed by atoms with Crippen LogP contribution in [0.2, 0.25) is 0 Å². The van der Waals surface area contributed by atoms with Crippen molar-refractivity contribution in [3.05, 3.63) is 33.9 Å². The Morgan fingerprint density at radius 1 is 1.53 bits per heavy atom. The molecule has 2 rings (SSSR count). The number of rotatable bonds is 3. The summed E-state index contributed by atoms with van der Waals surface area (Å²) in [6.07, 6.45) is 0.737. The minimum Gasteiger partial charge on any atom is -0.502 e. The molecule has 1 heterocycles. The fraction of sp³-hybridized carbons (Fsp3) is 0.417. The van der Waals surface area contributed by atoms with E-state index in [4.69, 9.17) is 5.11 Å². The van der Waals surface area contributed by atoms with Gasteiger partial charge in [-0.15, -0.1) is 0 Å². The van der Waals surface area contributed by atoms with Crippen molar-refractivity contribution < 1.29 is 19.9 Å². The Morgan fingerprint density at radius 3 is 2.79 bits per heavy atom. The number of aromatic hydroxyl groups is 1. The van der Waals surface area contributed by atoms with E-state index in [0.717, 1.165) is 18.6 Å². The second-order valence-electron chi connectivity index (χ2n) is 4.55. The Hall–Kier alpha value is -2.15.